The maximum absolute atomic E-state index is 13.3. The number of fused-ring (bicyclic) bond motifs is 1. The predicted molar refractivity (Wildman–Crippen MR) is 117 cm³/mol. The molecular formula is C23H25N5O4. The molecule has 1 unspecified atom stereocenters. The van der Waals surface area contributed by atoms with Gasteiger partial charge in [-0.2, -0.15) is 10.1 Å². The molecule has 0 radical (unpaired) electrons. The van der Waals surface area contributed by atoms with Gasteiger partial charge < -0.3 is 19.5 Å². The topological polar surface area (TPSA) is 100 Å². The second-order valence-corrected chi connectivity index (χ2v) is 8.71. The first kappa shape index (κ1) is 20.4. The highest BCUT2D eigenvalue weighted by atomic mass is 16.6. The van der Waals surface area contributed by atoms with Crippen LogP contribution >= 0.6 is 0 Å². The standard InChI is InChI=1S/C23H25N5O4/c1-23(2)10-14-9-17(22(27-21(14)32-23)31-16-7-8-30-13-16)20(29)26-19-6-4-5-18(25-19)15-11-24-28(3)12-15/h4-6,9,11-12,16H,7-8,10,13H2,1-3H3,(H,25,26,29). The fourth-order valence-corrected chi connectivity index (χ4v) is 3.91. The third kappa shape index (κ3) is 4.16. The van der Waals surface area contributed by atoms with Gasteiger partial charge in [0.05, 0.1) is 25.1 Å². The Bertz CT molecular complexity index is 1170. The predicted octanol–water partition coefficient (Wildman–Crippen LogP) is 3.01. The number of carbonyl (C=O) groups excluding carboxylic acids is 1. The SMILES string of the molecule is Cn1cc(-c2cccc(NC(=O)c3cc4c(nc3OC3CCOC3)OC(C)(C)C4)n2)cn1. The lowest BCUT2D eigenvalue weighted by Gasteiger charge is -2.17. The van der Waals surface area contributed by atoms with Crippen LogP contribution < -0.4 is 14.8 Å². The number of pyridine rings is 2. The summed E-state index contributed by atoms with van der Waals surface area (Å²) in [5.41, 5.74) is 2.44. The zero-order valence-electron chi connectivity index (χ0n) is 18.3. The summed E-state index contributed by atoms with van der Waals surface area (Å²) in [7, 11) is 1.85. The Morgan fingerprint density at radius 2 is 2.19 bits per heavy atom. The molecule has 0 saturated carbocycles. The molecule has 0 bridgehead atoms. The molecule has 0 aliphatic carbocycles. The van der Waals surface area contributed by atoms with Gasteiger partial charge >= 0.3 is 0 Å². The van der Waals surface area contributed by atoms with Crippen molar-refractivity contribution < 1.29 is 19.0 Å². The number of anilines is 1. The van der Waals surface area contributed by atoms with Crippen molar-refractivity contribution >= 4 is 11.7 Å². The van der Waals surface area contributed by atoms with Crippen LogP contribution in [0.25, 0.3) is 11.3 Å². The summed E-state index contributed by atoms with van der Waals surface area (Å²) >= 11 is 0. The van der Waals surface area contributed by atoms with Crippen LogP contribution in [0.1, 0.15) is 36.2 Å². The summed E-state index contributed by atoms with van der Waals surface area (Å²) < 4.78 is 19.1. The first-order valence-electron chi connectivity index (χ1n) is 10.6. The normalized spacial score (nSPS) is 18.8. The number of ether oxygens (including phenoxy) is 3. The van der Waals surface area contributed by atoms with E-state index in [1.807, 2.05) is 45.3 Å². The highest BCUT2D eigenvalue weighted by Crippen LogP contribution is 2.37. The molecule has 166 valence electrons. The first-order valence-corrected chi connectivity index (χ1v) is 10.6. The maximum atomic E-state index is 13.3. The van der Waals surface area contributed by atoms with Crippen LogP contribution in [0.3, 0.4) is 0 Å². The van der Waals surface area contributed by atoms with Gasteiger partial charge in [-0.15, -0.1) is 0 Å². The van der Waals surface area contributed by atoms with E-state index in [0.29, 0.717) is 36.9 Å². The van der Waals surface area contributed by atoms with Crippen molar-refractivity contribution in [1.29, 1.82) is 0 Å². The molecule has 32 heavy (non-hydrogen) atoms. The van der Waals surface area contributed by atoms with Crippen LogP contribution in [0, 0.1) is 0 Å². The molecule has 2 aliphatic rings. The number of hydrogen-bond acceptors (Lipinski definition) is 7. The van der Waals surface area contributed by atoms with E-state index in [1.54, 1.807) is 16.9 Å². The van der Waals surface area contributed by atoms with Gasteiger partial charge in [0, 0.05) is 37.2 Å². The Hall–Kier alpha value is -3.46. The largest absolute Gasteiger partial charge is 0.471 e. The number of nitrogens with one attached hydrogen (secondary N) is 1. The molecule has 5 heterocycles. The lowest BCUT2D eigenvalue weighted by atomic mass is 10.0. The number of nitrogens with zero attached hydrogens (tertiary/aromatic N) is 4. The molecule has 2 aliphatic heterocycles. The number of hydrogen-bond donors (Lipinski definition) is 1. The smallest absolute Gasteiger partial charge is 0.262 e. The Kier molecular flexibility index (Phi) is 5.05. The molecule has 3 aromatic heterocycles. The van der Waals surface area contributed by atoms with Crippen molar-refractivity contribution in [1.82, 2.24) is 19.7 Å². The minimum atomic E-state index is -0.377. The molecule has 0 spiro atoms. The van der Waals surface area contributed by atoms with Gasteiger partial charge in [-0.25, -0.2) is 4.98 Å². The van der Waals surface area contributed by atoms with Crippen molar-refractivity contribution in [3.63, 3.8) is 0 Å². The van der Waals surface area contributed by atoms with Crippen molar-refractivity contribution in [2.24, 2.45) is 7.05 Å². The molecule has 5 rings (SSSR count). The number of aromatic nitrogens is 4. The Balaban J connectivity index is 1.44. The van der Waals surface area contributed by atoms with Crippen LogP contribution in [-0.4, -0.2) is 50.6 Å². The summed E-state index contributed by atoms with van der Waals surface area (Å²) in [6.07, 6.45) is 4.87. The summed E-state index contributed by atoms with van der Waals surface area (Å²) in [4.78, 5) is 22.4. The molecule has 1 saturated heterocycles. The zero-order valence-corrected chi connectivity index (χ0v) is 18.3. The molecule has 1 amide bonds. The van der Waals surface area contributed by atoms with Gasteiger partial charge in [0.15, 0.2) is 0 Å². The van der Waals surface area contributed by atoms with Crippen molar-refractivity contribution in [3.8, 4) is 23.0 Å². The first-order chi connectivity index (χ1) is 15.4. The Labute approximate surface area is 185 Å². The number of amides is 1. The van der Waals surface area contributed by atoms with Crippen molar-refractivity contribution in [2.45, 2.75) is 38.4 Å². The van der Waals surface area contributed by atoms with E-state index in [2.05, 4.69) is 20.4 Å². The average molecular weight is 435 g/mol. The lowest BCUT2D eigenvalue weighted by Crippen LogP contribution is -2.24. The summed E-state index contributed by atoms with van der Waals surface area (Å²) in [5, 5.41) is 7.06. The molecular weight excluding hydrogens is 410 g/mol. The Morgan fingerprint density at radius 1 is 1.31 bits per heavy atom. The quantitative estimate of drug-likeness (QED) is 0.657. The van der Waals surface area contributed by atoms with Gasteiger partial charge in [0.2, 0.25) is 11.8 Å². The van der Waals surface area contributed by atoms with E-state index in [0.717, 1.165) is 23.2 Å². The van der Waals surface area contributed by atoms with Crippen LogP contribution in [0.15, 0.2) is 36.7 Å². The molecule has 0 aromatic carbocycles. The van der Waals surface area contributed by atoms with Crippen LogP contribution in [-0.2, 0) is 18.2 Å². The van der Waals surface area contributed by atoms with Gasteiger partial charge in [-0.1, -0.05) is 6.07 Å². The molecule has 1 atom stereocenters. The van der Waals surface area contributed by atoms with Crippen LogP contribution in [0.5, 0.6) is 11.8 Å². The number of rotatable bonds is 5. The van der Waals surface area contributed by atoms with E-state index in [9.17, 15) is 4.79 Å². The third-order valence-corrected chi connectivity index (χ3v) is 5.42. The van der Waals surface area contributed by atoms with Crippen LogP contribution in [0.4, 0.5) is 5.82 Å². The van der Waals surface area contributed by atoms with E-state index in [4.69, 9.17) is 14.2 Å². The maximum Gasteiger partial charge on any atom is 0.262 e. The van der Waals surface area contributed by atoms with E-state index in [1.165, 1.54) is 0 Å². The number of carbonyl (C=O) groups is 1. The van der Waals surface area contributed by atoms with E-state index < -0.39 is 0 Å². The van der Waals surface area contributed by atoms with Crippen LogP contribution in [0.2, 0.25) is 0 Å². The second-order valence-electron chi connectivity index (χ2n) is 8.71. The molecule has 1 fully saturated rings. The summed E-state index contributed by atoms with van der Waals surface area (Å²) in [6, 6.07) is 7.27. The minimum Gasteiger partial charge on any atom is -0.471 e. The average Bonchev–Trinajstić information content (AvgIpc) is 3.47. The van der Waals surface area contributed by atoms with Gasteiger partial charge in [-0.05, 0) is 32.0 Å². The fourth-order valence-electron chi connectivity index (χ4n) is 3.91. The fraction of sp³-hybridized carbons (Fsp3) is 0.391. The third-order valence-electron chi connectivity index (χ3n) is 5.42. The Morgan fingerprint density at radius 3 is 2.94 bits per heavy atom. The zero-order chi connectivity index (χ0) is 22.3. The van der Waals surface area contributed by atoms with Gasteiger partial charge in [-0.3, -0.25) is 9.48 Å². The van der Waals surface area contributed by atoms with Crippen molar-refractivity contribution in [2.75, 3.05) is 18.5 Å². The number of aryl methyl sites for hydroxylation is 1. The molecule has 1 N–H and O–H groups in total. The van der Waals surface area contributed by atoms with Gasteiger partial charge in [0.1, 0.15) is 23.1 Å². The molecule has 9 nitrogen and oxygen atoms in total. The van der Waals surface area contributed by atoms with E-state index >= 15 is 0 Å². The monoisotopic (exact) mass is 435 g/mol. The molecule has 9 heteroatoms. The van der Waals surface area contributed by atoms with E-state index in [-0.39, 0.29) is 23.5 Å². The highest BCUT2D eigenvalue weighted by Gasteiger charge is 2.34. The summed E-state index contributed by atoms with van der Waals surface area (Å²) in [5.74, 6) is 0.855. The van der Waals surface area contributed by atoms with Gasteiger partial charge in [0.25, 0.3) is 5.91 Å². The second kappa shape index (κ2) is 7.90. The minimum absolute atomic E-state index is 0.145. The summed E-state index contributed by atoms with van der Waals surface area (Å²) in [6.45, 7) is 5.09. The molecule has 3 aromatic rings. The highest BCUT2D eigenvalue weighted by molar-refractivity contribution is 6.05. The van der Waals surface area contributed by atoms with Crippen molar-refractivity contribution in [3.05, 3.63) is 47.8 Å². The lowest BCUT2D eigenvalue weighted by molar-refractivity contribution is 0.101.